The van der Waals surface area contributed by atoms with Crippen LogP contribution >= 0.6 is 0 Å². The van der Waals surface area contributed by atoms with Crippen LogP contribution in [0, 0.1) is 6.92 Å². The van der Waals surface area contributed by atoms with Crippen LogP contribution < -0.4 is 10.1 Å². The van der Waals surface area contributed by atoms with E-state index in [4.69, 9.17) is 9.84 Å². The lowest BCUT2D eigenvalue weighted by atomic mass is 10.4. The van der Waals surface area contributed by atoms with Crippen molar-refractivity contribution in [1.82, 2.24) is 9.97 Å². The van der Waals surface area contributed by atoms with Crippen LogP contribution in [0.3, 0.4) is 0 Å². The van der Waals surface area contributed by atoms with Crippen LogP contribution in [0.5, 0.6) is 5.88 Å². The van der Waals surface area contributed by atoms with Gasteiger partial charge in [-0.05, 0) is 27.7 Å². The highest BCUT2D eigenvalue weighted by Crippen LogP contribution is 2.13. The molecular formula is C11H19N3O2. The van der Waals surface area contributed by atoms with Gasteiger partial charge in [-0.25, -0.2) is 4.98 Å². The van der Waals surface area contributed by atoms with Gasteiger partial charge in [-0.1, -0.05) is 0 Å². The molecule has 0 aromatic carbocycles. The first kappa shape index (κ1) is 12.7. The summed E-state index contributed by atoms with van der Waals surface area (Å²) in [5.41, 5.74) is 0.832. The van der Waals surface area contributed by atoms with Crippen LogP contribution in [0.15, 0.2) is 6.07 Å². The summed E-state index contributed by atoms with van der Waals surface area (Å²) in [5.74, 6) is 1.03. The number of aromatic nitrogens is 2. The van der Waals surface area contributed by atoms with Crippen molar-refractivity contribution in [1.29, 1.82) is 0 Å². The van der Waals surface area contributed by atoms with Crippen molar-refractivity contribution in [2.45, 2.75) is 39.8 Å². The summed E-state index contributed by atoms with van der Waals surface area (Å²) in [6, 6.07) is 1.71. The highest BCUT2D eigenvalue weighted by Gasteiger charge is 2.07. The molecule has 0 bridgehead atoms. The second kappa shape index (κ2) is 5.65. The summed E-state index contributed by atoms with van der Waals surface area (Å²) in [6.45, 7) is 7.66. The lowest BCUT2D eigenvalue weighted by molar-refractivity contribution is 0.232. The summed E-state index contributed by atoms with van der Waals surface area (Å²) < 4.78 is 5.50. The molecular weight excluding hydrogens is 206 g/mol. The second-order valence-electron chi connectivity index (χ2n) is 4.07. The maximum absolute atomic E-state index is 8.93. The van der Waals surface area contributed by atoms with Gasteiger partial charge in [0, 0.05) is 17.8 Å². The van der Waals surface area contributed by atoms with Crippen molar-refractivity contribution in [2.24, 2.45) is 0 Å². The van der Waals surface area contributed by atoms with Gasteiger partial charge in [0.15, 0.2) is 0 Å². The molecule has 0 aliphatic heterocycles. The van der Waals surface area contributed by atoms with Gasteiger partial charge in [-0.2, -0.15) is 4.98 Å². The molecule has 1 rings (SSSR count). The molecule has 0 amide bonds. The third kappa shape index (κ3) is 4.02. The van der Waals surface area contributed by atoms with Crippen LogP contribution in [-0.2, 0) is 0 Å². The van der Waals surface area contributed by atoms with Gasteiger partial charge in [0.05, 0.1) is 12.7 Å². The second-order valence-corrected chi connectivity index (χ2v) is 4.07. The predicted molar refractivity (Wildman–Crippen MR) is 62.7 cm³/mol. The number of nitrogens with one attached hydrogen (secondary N) is 1. The maximum Gasteiger partial charge on any atom is 0.226 e. The van der Waals surface area contributed by atoms with Gasteiger partial charge < -0.3 is 15.2 Å². The van der Waals surface area contributed by atoms with E-state index in [1.807, 2.05) is 27.7 Å². The van der Waals surface area contributed by atoms with E-state index >= 15 is 0 Å². The lowest BCUT2D eigenvalue weighted by Crippen LogP contribution is -2.21. The zero-order valence-electron chi connectivity index (χ0n) is 10.2. The third-order valence-electron chi connectivity index (χ3n) is 1.84. The fourth-order valence-electron chi connectivity index (χ4n) is 1.17. The average molecular weight is 225 g/mol. The fourth-order valence-corrected chi connectivity index (χ4v) is 1.17. The monoisotopic (exact) mass is 225 g/mol. The lowest BCUT2D eigenvalue weighted by Gasteiger charge is -2.13. The van der Waals surface area contributed by atoms with E-state index in [0.717, 1.165) is 5.69 Å². The zero-order valence-corrected chi connectivity index (χ0v) is 10.2. The third-order valence-corrected chi connectivity index (χ3v) is 1.84. The smallest absolute Gasteiger partial charge is 0.226 e. The van der Waals surface area contributed by atoms with Crippen LogP contribution in [0.25, 0.3) is 0 Å². The maximum atomic E-state index is 8.93. The highest BCUT2D eigenvalue weighted by molar-refractivity contribution is 5.31. The summed E-state index contributed by atoms with van der Waals surface area (Å²) in [5, 5.41) is 11.9. The number of aliphatic hydroxyl groups excluding tert-OH is 1. The number of ether oxygens (including phenoxy) is 1. The molecule has 5 heteroatoms. The number of anilines is 1. The quantitative estimate of drug-likeness (QED) is 0.792. The molecule has 90 valence electrons. The molecule has 0 aliphatic rings. The number of rotatable bonds is 5. The molecule has 5 nitrogen and oxygen atoms in total. The number of aliphatic hydroxyl groups is 1. The van der Waals surface area contributed by atoms with E-state index in [1.54, 1.807) is 6.07 Å². The van der Waals surface area contributed by atoms with E-state index in [2.05, 4.69) is 15.3 Å². The number of nitrogens with zero attached hydrogens (tertiary/aromatic N) is 2. The first-order valence-electron chi connectivity index (χ1n) is 5.41. The molecule has 1 atom stereocenters. The minimum atomic E-state index is -0.0753. The van der Waals surface area contributed by atoms with Gasteiger partial charge >= 0.3 is 0 Å². The summed E-state index contributed by atoms with van der Waals surface area (Å²) >= 11 is 0. The first-order chi connectivity index (χ1) is 7.51. The van der Waals surface area contributed by atoms with Gasteiger partial charge in [-0.3, -0.25) is 0 Å². The van der Waals surface area contributed by atoms with Gasteiger partial charge in [0.25, 0.3) is 0 Å². The summed E-state index contributed by atoms with van der Waals surface area (Å²) in [6.07, 6.45) is 0.0809. The van der Waals surface area contributed by atoms with E-state index in [-0.39, 0.29) is 18.8 Å². The topological polar surface area (TPSA) is 67.3 Å². The summed E-state index contributed by atoms with van der Waals surface area (Å²) in [4.78, 5) is 8.42. The van der Waals surface area contributed by atoms with Crippen LogP contribution in [0.1, 0.15) is 26.5 Å². The Labute approximate surface area is 95.9 Å². The zero-order chi connectivity index (χ0) is 12.1. The Morgan fingerprint density at radius 2 is 2.06 bits per heavy atom. The van der Waals surface area contributed by atoms with E-state index in [9.17, 15) is 0 Å². The summed E-state index contributed by atoms with van der Waals surface area (Å²) in [7, 11) is 0. The number of aryl methyl sites for hydroxylation is 1. The van der Waals surface area contributed by atoms with E-state index in [1.165, 1.54) is 0 Å². The molecule has 1 aromatic heterocycles. The van der Waals surface area contributed by atoms with Gasteiger partial charge in [-0.15, -0.1) is 0 Å². The van der Waals surface area contributed by atoms with Gasteiger partial charge in [0.2, 0.25) is 11.8 Å². The van der Waals surface area contributed by atoms with Crippen molar-refractivity contribution in [3.05, 3.63) is 11.8 Å². The van der Waals surface area contributed by atoms with Crippen molar-refractivity contribution in [2.75, 3.05) is 11.9 Å². The Hall–Kier alpha value is -1.36. The van der Waals surface area contributed by atoms with Crippen LogP contribution in [0.4, 0.5) is 5.95 Å². The van der Waals surface area contributed by atoms with Crippen LogP contribution in [0.2, 0.25) is 0 Å². The molecule has 0 radical (unpaired) electrons. The molecule has 1 heterocycles. The largest absolute Gasteiger partial charge is 0.475 e. The number of hydrogen-bond donors (Lipinski definition) is 2. The average Bonchev–Trinajstić information content (AvgIpc) is 2.15. The molecule has 0 saturated heterocycles. The fraction of sp³-hybridized carbons (Fsp3) is 0.636. The molecule has 0 fully saturated rings. The minimum absolute atomic E-state index is 0.0394. The molecule has 2 N–H and O–H groups in total. The molecule has 1 unspecified atom stereocenters. The van der Waals surface area contributed by atoms with Gasteiger partial charge in [0.1, 0.15) is 0 Å². The first-order valence-corrected chi connectivity index (χ1v) is 5.41. The predicted octanol–water partition coefficient (Wildman–Crippen LogP) is 1.36. The normalized spacial score (nSPS) is 12.6. The Morgan fingerprint density at radius 3 is 2.62 bits per heavy atom. The van der Waals surface area contributed by atoms with Crippen LogP contribution in [-0.4, -0.2) is 33.8 Å². The Bertz CT molecular complexity index is 342. The van der Waals surface area contributed by atoms with Crippen molar-refractivity contribution in [3.8, 4) is 5.88 Å². The Morgan fingerprint density at radius 1 is 1.38 bits per heavy atom. The van der Waals surface area contributed by atoms with Crippen molar-refractivity contribution >= 4 is 5.95 Å². The van der Waals surface area contributed by atoms with E-state index < -0.39 is 0 Å². The number of hydrogen-bond acceptors (Lipinski definition) is 5. The Balaban J connectivity index is 2.81. The molecule has 0 saturated carbocycles. The molecule has 16 heavy (non-hydrogen) atoms. The minimum Gasteiger partial charge on any atom is -0.475 e. The highest BCUT2D eigenvalue weighted by atomic mass is 16.5. The molecule has 1 aromatic rings. The molecule has 0 spiro atoms. The Kier molecular flexibility index (Phi) is 4.49. The SMILES string of the molecule is Cc1cc(OC(C)C)nc(NC(C)CO)n1. The van der Waals surface area contributed by atoms with Crippen molar-refractivity contribution in [3.63, 3.8) is 0 Å². The van der Waals surface area contributed by atoms with E-state index in [0.29, 0.717) is 11.8 Å². The molecule has 0 aliphatic carbocycles. The van der Waals surface area contributed by atoms with Crippen molar-refractivity contribution < 1.29 is 9.84 Å². The standard InChI is InChI=1S/C11H19N3O2/c1-7(2)16-10-5-8(3)12-11(14-10)13-9(4)6-15/h5,7,9,15H,6H2,1-4H3,(H,12,13,14).